The molecule has 1 aliphatic heterocycles. The van der Waals surface area contributed by atoms with Gasteiger partial charge in [0.05, 0.1) is 17.1 Å². The molecule has 0 spiro atoms. The van der Waals surface area contributed by atoms with Crippen LogP contribution in [-0.2, 0) is 11.2 Å². The predicted octanol–water partition coefficient (Wildman–Crippen LogP) is 4.83. The molecule has 0 radical (unpaired) electrons. The maximum Gasteiger partial charge on any atom is 0.143 e. The normalized spacial score (nSPS) is 13.8. The van der Waals surface area contributed by atoms with Gasteiger partial charge in [-0.05, 0) is 42.8 Å². The van der Waals surface area contributed by atoms with Crippen LogP contribution in [0.2, 0.25) is 0 Å². The number of ketones is 1. The molecule has 0 saturated heterocycles. The van der Waals surface area contributed by atoms with Crippen molar-refractivity contribution in [2.45, 2.75) is 19.8 Å². The summed E-state index contributed by atoms with van der Waals surface area (Å²) in [6.07, 6.45) is 2.27. The molecule has 0 amide bonds. The lowest BCUT2D eigenvalue weighted by atomic mass is 10.0. The second-order valence-corrected chi connectivity index (χ2v) is 6.49. The van der Waals surface area contributed by atoms with Gasteiger partial charge in [-0.25, -0.2) is 4.39 Å². The van der Waals surface area contributed by atoms with E-state index in [4.69, 9.17) is 4.99 Å². The summed E-state index contributed by atoms with van der Waals surface area (Å²) >= 11 is 0. The first-order valence-electron chi connectivity index (χ1n) is 8.50. The predicted molar refractivity (Wildman–Crippen MR) is 100 cm³/mol. The minimum atomic E-state index is -0.322. The van der Waals surface area contributed by atoms with E-state index in [0.717, 1.165) is 22.4 Å². The van der Waals surface area contributed by atoms with Crippen molar-refractivity contribution >= 4 is 17.2 Å². The Balaban J connectivity index is 1.80. The fourth-order valence-corrected chi connectivity index (χ4v) is 3.20. The Morgan fingerprint density at radius 2 is 1.85 bits per heavy atom. The Kier molecular flexibility index (Phi) is 4.17. The van der Waals surface area contributed by atoms with Gasteiger partial charge in [0.2, 0.25) is 0 Å². The van der Waals surface area contributed by atoms with E-state index in [1.807, 2.05) is 31.2 Å². The highest BCUT2D eigenvalue weighted by molar-refractivity contribution is 6.13. The zero-order chi connectivity index (χ0) is 18.1. The summed E-state index contributed by atoms with van der Waals surface area (Å²) in [7, 11) is 0. The van der Waals surface area contributed by atoms with E-state index in [0.29, 0.717) is 23.4 Å². The van der Waals surface area contributed by atoms with Gasteiger partial charge < -0.3 is 0 Å². The number of hydrogen-bond acceptors (Lipinski definition) is 3. The van der Waals surface area contributed by atoms with Crippen LogP contribution in [-0.4, -0.2) is 16.5 Å². The van der Waals surface area contributed by atoms with Crippen LogP contribution in [0.15, 0.2) is 65.8 Å². The van der Waals surface area contributed by atoms with Crippen LogP contribution in [0.25, 0.3) is 11.3 Å². The summed E-state index contributed by atoms with van der Waals surface area (Å²) in [6, 6.07) is 16.1. The molecule has 4 rings (SSSR count). The van der Waals surface area contributed by atoms with Crippen LogP contribution in [0, 0.1) is 12.7 Å². The average molecular weight is 344 g/mol. The van der Waals surface area contributed by atoms with Crippen molar-refractivity contribution in [2.24, 2.45) is 4.99 Å². The zero-order valence-electron chi connectivity index (χ0n) is 14.4. The van der Waals surface area contributed by atoms with E-state index in [2.05, 4.69) is 4.98 Å². The van der Waals surface area contributed by atoms with Crippen LogP contribution < -0.4 is 0 Å². The molecule has 1 aromatic heterocycles. The van der Waals surface area contributed by atoms with Gasteiger partial charge in [0, 0.05) is 30.2 Å². The van der Waals surface area contributed by atoms with Crippen LogP contribution in [0.5, 0.6) is 0 Å². The first kappa shape index (κ1) is 16.3. The van der Waals surface area contributed by atoms with E-state index >= 15 is 0 Å². The lowest BCUT2D eigenvalue weighted by Gasteiger charge is -2.07. The smallest absolute Gasteiger partial charge is 0.143 e. The Morgan fingerprint density at radius 1 is 1.00 bits per heavy atom. The molecule has 0 aliphatic carbocycles. The summed E-state index contributed by atoms with van der Waals surface area (Å²) in [5.41, 5.74) is 5.34. The Hall–Kier alpha value is -3.14. The zero-order valence-corrected chi connectivity index (χ0v) is 14.4. The molecular weight excluding hydrogens is 327 g/mol. The lowest BCUT2D eigenvalue weighted by molar-refractivity contribution is -0.117. The molecule has 3 nitrogen and oxygen atoms in total. The fourth-order valence-electron chi connectivity index (χ4n) is 3.20. The number of aromatic nitrogens is 1. The number of carbonyl (C=O) groups excluding carboxylic acids is 1. The van der Waals surface area contributed by atoms with Crippen LogP contribution in [0.1, 0.15) is 23.1 Å². The highest BCUT2D eigenvalue weighted by atomic mass is 19.1. The van der Waals surface area contributed by atoms with E-state index in [1.165, 1.54) is 6.07 Å². The highest BCUT2D eigenvalue weighted by Gasteiger charge is 2.18. The molecule has 1 aliphatic rings. The molecule has 0 saturated carbocycles. The number of halogens is 1. The molecule has 3 aromatic rings. The third kappa shape index (κ3) is 3.18. The number of Topliss-reactive ketones (excluding diaryl/α,β-unsaturated/α-hetero) is 1. The Morgan fingerprint density at radius 3 is 2.69 bits per heavy atom. The molecule has 0 atom stereocenters. The number of aryl methyl sites for hydroxylation is 1. The topological polar surface area (TPSA) is 42.3 Å². The van der Waals surface area contributed by atoms with Gasteiger partial charge in [0.25, 0.3) is 0 Å². The Labute approximate surface area is 151 Å². The molecule has 4 heteroatoms. The maximum absolute atomic E-state index is 14.1. The van der Waals surface area contributed by atoms with Gasteiger partial charge in [0.1, 0.15) is 11.6 Å². The lowest BCUT2D eigenvalue weighted by Crippen LogP contribution is -2.09. The number of benzene rings is 2. The van der Waals surface area contributed by atoms with Gasteiger partial charge >= 0.3 is 0 Å². The first-order chi connectivity index (χ1) is 12.6. The fraction of sp³-hybridized carbons (Fsp3) is 0.136. The van der Waals surface area contributed by atoms with E-state index in [1.54, 1.807) is 30.5 Å². The van der Waals surface area contributed by atoms with Crippen molar-refractivity contribution in [1.82, 2.24) is 4.98 Å². The molecule has 0 bridgehead atoms. The number of fused-ring (bicyclic) bond motifs is 1. The summed E-state index contributed by atoms with van der Waals surface area (Å²) in [4.78, 5) is 21.4. The minimum absolute atomic E-state index is 0.123. The minimum Gasteiger partial charge on any atom is -0.299 e. The molecule has 128 valence electrons. The monoisotopic (exact) mass is 344 g/mol. The molecular formula is C22H17FN2O. The summed E-state index contributed by atoms with van der Waals surface area (Å²) in [5.74, 6) is -0.200. The number of carbonyl (C=O) groups is 1. The maximum atomic E-state index is 14.1. The second kappa shape index (κ2) is 6.64. The van der Waals surface area contributed by atoms with Gasteiger partial charge in [-0.15, -0.1) is 0 Å². The van der Waals surface area contributed by atoms with Crippen molar-refractivity contribution in [3.63, 3.8) is 0 Å². The SMILES string of the molecule is Cc1ccc2c(c1)CC(=O)CC(c1ccnc(-c3ccccc3F)c1)=N2. The summed E-state index contributed by atoms with van der Waals surface area (Å²) in [5, 5.41) is 0. The van der Waals surface area contributed by atoms with Gasteiger partial charge in [-0.3, -0.25) is 14.8 Å². The van der Waals surface area contributed by atoms with Gasteiger partial charge in [-0.1, -0.05) is 29.8 Å². The second-order valence-electron chi connectivity index (χ2n) is 6.49. The summed E-state index contributed by atoms with van der Waals surface area (Å²) < 4.78 is 14.1. The molecule has 26 heavy (non-hydrogen) atoms. The van der Waals surface area contributed by atoms with Crippen molar-refractivity contribution < 1.29 is 9.18 Å². The average Bonchev–Trinajstić information content (AvgIpc) is 2.80. The number of rotatable bonds is 2. The highest BCUT2D eigenvalue weighted by Crippen LogP contribution is 2.28. The molecule has 2 heterocycles. The third-order valence-electron chi connectivity index (χ3n) is 4.49. The van der Waals surface area contributed by atoms with Gasteiger partial charge in [0.15, 0.2) is 0 Å². The van der Waals surface area contributed by atoms with Gasteiger partial charge in [-0.2, -0.15) is 0 Å². The standard InChI is InChI=1S/C22H17FN2O/c1-14-6-7-20-16(10-14)11-17(26)13-21(25-20)15-8-9-24-22(12-15)18-4-2-3-5-19(18)23/h2-10,12H,11,13H2,1H3. The van der Waals surface area contributed by atoms with Crippen molar-refractivity contribution in [3.05, 3.63) is 83.3 Å². The third-order valence-corrected chi connectivity index (χ3v) is 4.49. The number of aliphatic imine (C=N–C) groups is 1. The van der Waals surface area contributed by atoms with E-state index < -0.39 is 0 Å². The first-order valence-corrected chi connectivity index (χ1v) is 8.50. The van der Waals surface area contributed by atoms with Crippen molar-refractivity contribution in [1.29, 1.82) is 0 Å². The van der Waals surface area contributed by atoms with Crippen LogP contribution in [0.4, 0.5) is 10.1 Å². The molecule has 2 aromatic carbocycles. The number of pyridine rings is 1. The van der Waals surface area contributed by atoms with Crippen molar-refractivity contribution in [3.8, 4) is 11.3 Å². The summed E-state index contributed by atoms with van der Waals surface area (Å²) in [6.45, 7) is 2.00. The van der Waals surface area contributed by atoms with E-state index in [-0.39, 0.29) is 18.0 Å². The van der Waals surface area contributed by atoms with E-state index in [9.17, 15) is 9.18 Å². The molecule has 0 unspecified atom stereocenters. The van der Waals surface area contributed by atoms with Crippen LogP contribution >= 0.6 is 0 Å². The largest absolute Gasteiger partial charge is 0.299 e. The quantitative estimate of drug-likeness (QED) is 0.668. The van der Waals surface area contributed by atoms with Crippen LogP contribution in [0.3, 0.4) is 0 Å². The van der Waals surface area contributed by atoms with Crippen molar-refractivity contribution in [2.75, 3.05) is 0 Å². The molecule has 0 N–H and O–H groups in total. The Bertz CT molecular complexity index is 1040. The number of nitrogens with zero attached hydrogens (tertiary/aromatic N) is 2. The molecule has 0 fully saturated rings. The number of hydrogen-bond donors (Lipinski definition) is 0.